The molecule has 112 valence electrons. The normalized spacial score (nSPS) is 12.9. The monoisotopic (exact) mass is 343 g/mol. The molecule has 5 heteroatoms. The van der Waals surface area contributed by atoms with Crippen LogP contribution in [-0.4, -0.2) is 34.3 Å². The van der Waals surface area contributed by atoms with Gasteiger partial charge in [-0.25, -0.2) is 4.79 Å². The summed E-state index contributed by atoms with van der Waals surface area (Å²) in [6.45, 7) is 7.56. The van der Waals surface area contributed by atoms with Gasteiger partial charge in [0, 0.05) is 11.0 Å². The van der Waals surface area contributed by atoms with Crippen LogP contribution in [0.4, 0.5) is 4.79 Å². The Labute approximate surface area is 128 Å². The Hall–Kier alpha value is -1.07. The van der Waals surface area contributed by atoms with Gasteiger partial charge in [-0.1, -0.05) is 28.1 Å². The first kappa shape index (κ1) is 17.0. The van der Waals surface area contributed by atoms with Gasteiger partial charge >= 0.3 is 6.09 Å². The van der Waals surface area contributed by atoms with Crippen LogP contribution in [0.3, 0.4) is 0 Å². The molecule has 0 fully saturated rings. The summed E-state index contributed by atoms with van der Waals surface area (Å²) in [4.78, 5) is 13.8. The van der Waals surface area contributed by atoms with Crippen molar-refractivity contribution in [2.75, 3.05) is 6.61 Å². The van der Waals surface area contributed by atoms with E-state index in [0.717, 1.165) is 10.0 Å². The third-order valence-electron chi connectivity index (χ3n) is 2.67. The maximum Gasteiger partial charge on any atom is 0.410 e. The number of carbonyl (C=O) groups is 1. The topological polar surface area (TPSA) is 49.8 Å². The van der Waals surface area contributed by atoms with Gasteiger partial charge in [0.25, 0.3) is 0 Å². The first-order valence-corrected chi connectivity index (χ1v) is 7.37. The van der Waals surface area contributed by atoms with Crippen molar-refractivity contribution in [2.24, 2.45) is 0 Å². The lowest BCUT2D eigenvalue weighted by molar-refractivity contribution is 0.00937. The van der Waals surface area contributed by atoms with E-state index >= 15 is 0 Å². The van der Waals surface area contributed by atoms with Crippen LogP contribution in [0.2, 0.25) is 0 Å². The molecule has 0 heterocycles. The minimum atomic E-state index is -0.554. The van der Waals surface area contributed by atoms with Gasteiger partial charge in [-0.2, -0.15) is 0 Å². The number of aliphatic hydroxyl groups excluding tert-OH is 1. The molecule has 1 unspecified atom stereocenters. The van der Waals surface area contributed by atoms with Crippen molar-refractivity contribution in [1.82, 2.24) is 4.90 Å². The van der Waals surface area contributed by atoms with E-state index < -0.39 is 11.7 Å². The fraction of sp³-hybridized carbons (Fsp3) is 0.533. The first-order valence-electron chi connectivity index (χ1n) is 6.58. The van der Waals surface area contributed by atoms with E-state index in [1.54, 1.807) is 6.92 Å². The number of benzene rings is 1. The van der Waals surface area contributed by atoms with Gasteiger partial charge in [-0.05, 0) is 45.4 Å². The van der Waals surface area contributed by atoms with Crippen LogP contribution in [0.15, 0.2) is 28.7 Å². The average Bonchev–Trinajstić information content (AvgIpc) is 2.33. The summed E-state index contributed by atoms with van der Waals surface area (Å²) in [5.41, 5.74) is 0.424. The van der Waals surface area contributed by atoms with E-state index in [-0.39, 0.29) is 12.6 Å². The van der Waals surface area contributed by atoms with Crippen LogP contribution in [-0.2, 0) is 11.3 Å². The van der Waals surface area contributed by atoms with Crippen LogP contribution in [0.1, 0.15) is 33.3 Å². The van der Waals surface area contributed by atoms with E-state index in [1.807, 2.05) is 45.0 Å². The maximum absolute atomic E-state index is 12.2. The average molecular weight is 344 g/mol. The molecule has 1 atom stereocenters. The number of nitrogens with zero attached hydrogens (tertiary/aromatic N) is 1. The van der Waals surface area contributed by atoms with E-state index in [2.05, 4.69) is 15.9 Å². The molecule has 1 aromatic rings. The molecule has 0 aliphatic rings. The second-order valence-electron chi connectivity index (χ2n) is 5.77. The zero-order chi connectivity index (χ0) is 15.3. The molecule has 1 N–H and O–H groups in total. The Bertz CT molecular complexity index is 457. The predicted molar refractivity (Wildman–Crippen MR) is 82.5 cm³/mol. The molecule has 0 bridgehead atoms. The molecule has 0 saturated carbocycles. The minimum Gasteiger partial charge on any atom is -0.444 e. The summed E-state index contributed by atoms with van der Waals surface area (Å²) in [7, 11) is 0. The second-order valence-corrected chi connectivity index (χ2v) is 6.69. The van der Waals surface area contributed by atoms with E-state index in [9.17, 15) is 9.90 Å². The number of amides is 1. The van der Waals surface area contributed by atoms with Gasteiger partial charge < -0.3 is 9.84 Å². The second kappa shape index (κ2) is 7.09. The number of hydrogen-bond acceptors (Lipinski definition) is 3. The van der Waals surface area contributed by atoms with Gasteiger partial charge in [-0.15, -0.1) is 0 Å². The van der Waals surface area contributed by atoms with Crippen LogP contribution in [0.5, 0.6) is 0 Å². The molecule has 1 rings (SSSR count). The molecular formula is C15H22BrNO3. The van der Waals surface area contributed by atoms with Gasteiger partial charge in [0.1, 0.15) is 5.60 Å². The fourth-order valence-corrected chi connectivity index (χ4v) is 2.10. The lowest BCUT2D eigenvalue weighted by Gasteiger charge is -2.31. The predicted octanol–water partition coefficient (Wildman–Crippen LogP) is 3.57. The van der Waals surface area contributed by atoms with Crippen LogP contribution >= 0.6 is 15.9 Å². The zero-order valence-electron chi connectivity index (χ0n) is 12.4. The Kier molecular flexibility index (Phi) is 6.02. The maximum atomic E-state index is 12.2. The number of aliphatic hydroxyl groups is 1. The standard InChI is InChI=1S/C15H22BrNO3/c1-11(10-18)17(14(19)20-15(2,3)4)9-12-6-5-7-13(16)8-12/h5-8,11,18H,9-10H2,1-4H3. The van der Waals surface area contributed by atoms with Crippen LogP contribution in [0.25, 0.3) is 0 Å². The van der Waals surface area contributed by atoms with Gasteiger partial charge in [-0.3, -0.25) is 4.90 Å². The number of hydrogen-bond donors (Lipinski definition) is 1. The molecule has 0 radical (unpaired) electrons. The summed E-state index contributed by atoms with van der Waals surface area (Å²) in [5.74, 6) is 0. The highest BCUT2D eigenvalue weighted by molar-refractivity contribution is 9.10. The van der Waals surface area contributed by atoms with Gasteiger partial charge in [0.15, 0.2) is 0 Å². The van der Waals surface area contributed by atoms with Gasteiger partial charge in [0.2, 0.25) is 0 Å². The number of ether oxygens (including phenoxy) is 1. The van der Waals surface area contributed by atoms with Crippen molar-refractivity contribution in [3.05, 3.63) is 34.3 Å². The summed E-state index contributed by atoms with van der Waals surface area (Å²) in [6, 6.07) is 7.42. The number of rotatable bonds is 4. The summed E-state index contributed by atoms with van der Waals surface area (Å²) in [6.07, 6.45) is -0.418. The number of carbonyl (C=O) groups excluding carboxylic acids is 1. The molecule has 20 heavy (non-hydrogen) atoms. The van der Waals surface area contributed by atoms with Crippen LogP contribution in [0, 0.1) is 0 Å². The zero-order valence-corrected chi connectivity index (χ0v) is 14.0. The SMILES string of the molecule is CC(CO)N(Cc1cccc(Br)c1)C(=O)OC(C)(C)C. The Morgan fingerprint density at radius 1 is 1.45 bits per heavy atom. The molecule has 0 aromatic heterocycles. The molecule has 4 nitrogen and oxygen atoms in total. The molecule has 1 aromatic carbocycles. The summed E-state index contributed by atoms with van der Waals surface area (Å²) < 4.78 is 6.34. The molecule has 0 aliphatic carbocycles. The summed E-state index contributed by atoms with van der Waals surface area (Å²) in [5, 5.41) is 9.33. The third-order valence-corrected chi connectivity index (χ3v) is 3.16. The molecule has 1 amide bonds. The highest BCUT2D eigenvalue weighted by Crippen LogP contribution is 2.17. The number of halogens is 1. The van der Waals surface area contributed by atoms with E-state index in [1.165, 1.54) is 4.90 Å². The van der Waals surface area contributed by atoms with Crippen molar-refractivity contribution in [1.29, 1.82) is 0 Å². The Morgan fingerprint density at radius 3 is 2.60 bits per heavy atom. The Morgan fingerprint density at radius 2 is 2.10 bits per heavy atom. The minimum absolute atomic E-state index is 0.104. The lowest BCUT2D eigenvalue weighted by Crippen LogP contribution is -2.43. The summed E-state index contributed by atoms with van der Waals surface area (Å²) >= 11 is 3.41. The van der Waals surface area contributed by atoms with E-state index in [0.29, 0.717) is 6.54 Å². The lowest BCUT2D eigenvalue weighted by atomic mass is 10.2. The highest BCUT2D eigenvalue weighted by atomic mass is 79.9. The van der Waals surface area contributed by atoms with Crippen molar-refractivity contribution in [3.63, 3.8) is 0 Å². The van der Waals surface area contributed by atoms with Crippen molar-refractivity contribution >= 4 is 22.0 Å². The Balaban J connectivity index is 2.87. The van der Waals surface area contributed by atoms with Crippen LogP contribution < -0.4 is 0 Å². The molecular weight excluding hydrogens is 322 g/mol. The third kappa shape index (κ3) is 5.51. The highest BCUT2D eigenvalue weighted by Gasteiger charge is 2.25. The fourth-order valence-electron chi connectivity index (χ4n) is 1.65. The van der Waals surface area contributed by atoms with Crippen molar-refractivity contribution in [3.8, 4) is 0 Å². The van der Waals surface area contributed by atoms with Crippen molar-refractivity contribution in [2.45, 2.75) is 45.9 Å². The van der Waals surface area contributed by atoms with Gasteiger partial charge in [0.05, 0.1) is 12.6 Å². The van der Waals surface area contributed by atoms with E-state index in [4.69, 9.17) is 4.74 Å². The molecule has 0 saturated heterocycles. The largest absolute Gasteiger partial charge is 0.444 e. The smallest absolute Gasteiger partial charge is 0.410 e. The quantitative estimate of drug-likeness (QED) is 0.909. The van der Waals surface area contributed by atoms with Crippen molar-refractivity contribution < 1.29 is 14.6 Å². The molecule has 0 spiro atoms. The molecule has 0 aliphatic heterocycles. The first-order chi connectivity index (χ1) is 9.23.